The van der Waals surface area contributed by atoms with Crippen LogP contribution in [0.5, 0.6) is 0 Å². The molecule has 2 aromatic heterocycles. The fraction of sp³-hybridized carbons (Fsp3) is 0.471. The highest BCUT2D eigenvalue weighted by Gasteiger charge is 2.29. The van der Waals surface area contributed by atoms with Crippen LogP contribution in [0.25, 0.3) is 0 Å². The number of piperidine rings is 1. The highest BCUT2D eigenvalue weighted by molar-refractivity contribution is 6.29. The Balaban J connectivity index is 1.63. The van der Waals surface area contributed by atoms with E-state index in [1.165, 1.54) is 0 Å². The van der Waals surface area contributed by atoms with Gasteiger partial charge in [0.2, 0.25) is 5.91 Å². The smallest absolute Gasteiger partial charge is 0.227 e. The van der Waals surface area contributed by atoms with Crippen LogP contribution in [0.1, 0.15) is 24.4 Å². The van der Waals surface area contributed by atoms with Gasteiger partial charge in [-0.25, -0.2) is 0 Å². The third-order valence-electron chi connectivity index (χ3n) is 4.28. The summed E-state index contributed by atoms with van der Waals surface area (Å²) in [4.78, 5) is 16.6. The van der Waals surface area contributed by atoms with E-state index in [2.05, 4.69) is 15.1 Å². The molecular formula is C17H21ClN4O2. The molecule has 7 heteroatoms. The number of hydrogen-bond acceptors (Lipinski definition) is 5. The van der Waals surface area contributed by atoms with E-state index in [0.29, 0.717) is 18.2 Å². The van der Waals surface area contributed by atoms with E-state index in [1.54, 1.807) is 11.0 Å². The summed E-state index contributed by atoms with van der Waals surface area (Å²) in [6, 6.07) is 7.39. The lowest BCUT2D eigenvalue weighted by atomic mass is 9.96. The van der Waals surface area contributed by atoms with Crippen LogP contribution in [-0.2, 0) is 11.3 Å². The number of halogens is 1. The summed E-state index contributed by atoms with van der Waals surface area (Å²) in [5, 5.41) is 8.37. The zero-order valence-corrected chi connectivity index (χ0v) is 14.7. The van der Waals surface area contributed by atoms with Crippen molar-refractivity contribution in [1.29, 1.82) is 0 Å². The van der Waals surface area contributed by atoms with Gasteiger partial charge in [-0.3, -0.25) is 4.79 Å². The van der Waals surface area contributed by atoms with Crippen molar-refractivity contribution in [2.45, 2.75) is 26.3 Å². The molecule has 24 heavy (non-hydrogen) atoms. The molecule has 3 heterocycles. The van der Waals surface area contributed by atoms with Crippen LogP contribution in [0.4, 0.5) is 5.82 Å². The Morgan fingerprint density at radius 1 is 1.38 bits per heavy atom. The molecule has 1 atom stereocenters. The van der Waals surface area contributed by atoms with Crippen molar-refractivity contribution in [1.82, 2.24) is 15.1 Å². The highest BCUT2D eigenvalue weighted by atomic mass is 35.5. The predicted molar refractivity (Wildman–Crippen MR) is 91.9 cm³/mol. The fourth-order valence-corrected chi connectivity index (χ4v) is 3.16. The summed E-state index contributed by atoms with van der Waals surface area (Å²) in [5.41, 5.74) is 0. The zero-order chi connectivity index (χ0) is 17.1. The molecule has 1 saturated heterocycles. The molecule has 0 aromatic carbocycles. The number of aromatic nitrogens is 2. The van der Waals surface area contributed by atoms with Crippen molar-refractivity contribution in [3.63, 3.8) is 0 Å². The van der Waals surface area contributed by atoms with Gasteiger partial charge < -0.3 is 14.2 Å². The lowest BCUT2D eigenvalue weighted by molar-refractivity contribution is -0.135. The largest absolute Gasteiger partial charge is 0.464 e. The van der Waals surface area contributed by atoms with E-state index in [0.717, 1.165) is 36.7 Å². The Kier molecular flexibility index (Phi) is 5.04. The number of rotatable bonds is 4. The van der Waals surface area contributed by atoms with Crippen LogP contribution >= 0.6 is 11.6 Å². The number of aryl methyl sites for hydroxylation is 1. The van der Waals surface area contributed by atoms with E-state index in [1.807, 2.05) is 32.2 Å². The van der Waals surface area contributed by atoms with Gasteiger partial charge >= 0.3 is 0 Å². The second-order valence-corrected chi connectivity index (χ2v) is 6.59. The quantitative estimate of drug-likeness (QED) is 0.850. The maximum Gasteiger partial charge on any atom is 0.227 e. The van der Waals surface area contributed by atoms with Gasteiger partial charge in [-0.1, -0.05) is 11.6 Å². The number of carbonyl (C=O) groups excluding carboxylic acids is 1. The number of hydrogen-bond donors (Lipinski definition) is 0. The summed E-state index contributed by atoms with van der Waals surface area (Å²) in [5.74, 6) is 2.52. The Morgan fingerprint density at radius 3 is 2.88 bits per heavy atom. The Morgan fingerprint density at radius 2 is 2.21 bits per heavy atom. The van der Waals surface area contributed by atoms with Crippen molar-refractivity contribution in [2.75, 3.05) is 25.0 Å². The lowest BCUT2D eigenvalue weighted by Gasteiger charge is -2.34. The number of amides is 1. The van der Waals surface area contributed by atoms with E-state index in [9.17, 15) is 4.79 Å². The Bertz CT molecular complexity index is 701. The van der Waals surface area contributed by atoms with Crippen LogP contribution in [-0.4, -0.2) is 41.1 Å². The van der Waals surface area contributed by atoms with Gasteiger partial charge in [-0.05, 0) is 44.0 Å². The van der Waals surface area contributed by atoms with Crippen LogP contribution in [0.2, 0.25) is 5.15 Å². The molecule has 0 saturated carbocycles. The van der Waals surface area contributed by atoms with Crippen LogP contribution < -0.4 is 4.90 Å². The minimum atomic E-state index is -0.0442. The predicted octanol–water partition coefficient (Wildman–Crippen LogP) is 2.91. The first-order valence-corrected chi connectivity index (χ1v) is 8.45. The number of nitrogens with zero attached hydrogens (tertiary/aromatic N) is 4. The molecule has 1 aliphatic heterocycles. The first-order chi connectivity index (χ1) is 11.5. The van der Waals surface area contributed by atoms with Crippen molar-refractivity contribution < 1.29 is 9.21 Å². The Labute approximate surface area is 146 Å². The van der Waals surface area contributed by atoms with Crippen molar-refractivity contribution in [3.8, 4) is 0 Å². The zero-order valence-electron chi connectivity index (χ0n) is 13.9. The van der Waals surface area contributed by atoms with Gasteiger partial charge in [0.25, 0.3) is 0 Å². The van der Waals surface area contributed by atoms with Crippen LogP contribution in [0.3, 0.4) is 0 Å². The highest BCUT2D eigenvalue weighted by Crippen LogP contribution is 2.23. The van der Waals surface area contributed by atoms with Crippen LogP contribution in [0, 0.1) is 12.8 Å². The molecule has 0 N–H and O–H groups in total. The van der Waals surface area contributed by atoms with Crippen molar-refractivity contribution >= 4 is 23.3 Å². The number of carbonyl (C=O) groups is 1. The first-order valence-electron chi connectivity index (χ1n) is 8.07. The summed E-state index contributed by atoms with van der Waals surface area (Å²) in [7, 11) is 1.82. The van der Waals surface area contributed by atoms with E-state index < -0.39 is 0 Å². The van der Waals surface area contributed by atoms with Crippen molar-refractivity contribution in [2.24, 2.45) is 5.92 Å². The lowest BCUT2D eigenvalue weighted by Crippen LogP contribution is -2.43. The average Bonchev–Trinajstić information content (AvgIpc) is 3.00. The molecule has 2 aromatic rings. The molecule has 1 fully saturated rings. The maximum absolute atomic E-state index is 12.7. The van der Waals surface area contributed by atoms with E-state index in [4.69, 9.17) is 16.0 Å². The molecule has 3 rings (SSSR count). The SMILES string of the molecule is Cc1ccc(CN(C)C(=O)[C@H]2CCCN(c3ccc(Cl)nn3)C2)o1. The van der Waals surface area contributed by atoms with E-state index >= 15 is 0 Å². The third kappa shape index (κ3) is 3.87. The summed E-state index contributed by atoms with van der Waals surface area (Å²) in [6.45, 7) is 3.92. The Hall–Kier alpha value is -2.08. The third-order valence-corrected chi connectivity index (χ3v) is 4.48. The molecule has 128 valence electrons. The standard InChI is InChI=1S/C17H21ClN4O2/c1-12-5-6-14(24-12)11-21(2)17(23)13-4-3-9-22(10-13)16-8-7-15(18)19-20-16/h5-8,13H,3-4,9-11H2,1-2H3/t13-/m0/s1. The first kappa shape index (κ1) is 16.8. The second-order valence-electron chi connectivity index (χ2n) is 6.21. The van der Waals surface area contributed by atoms with Gasteiger partial charge in [-0.15, -0.1) is 10.2 Å². The van der Waals surface area contributed by atoms with Crippen LogP contribution in [0.15, 0.2) is 28.7 Å². The molecule has 0 spiro atoms. The molecule has 0 aliphatic carbocycles. The van der Waals surface area contributed by atoms with Crippen molar-refractivity contribution in [3.05, 3.63) is 40.9 Å². The second kappa shape index (κ2) is 7.21. The topological polar surface area (TPSA) is 62.5 Å². The van der Waals surface area contributed by atoms with Gasteiger partial charge in [0.1, 0.15) is 11.5 Å². The minimum absolute atomic E-state index is 0.0442. The molecule has 1 aliphatic rings. The molecular weight excluding hydrogens is 328 g/mol. The van der Waals surface area contributed by atoms with E-state index in [-0.39, 0.29) is 11.8 Å². The molecule has 1 amide bonds. The fourth-order valence-electron chi connectivity index (χ4n) is 3.06. The summed E-state index contributed by atoms with van der Waals surface area (Å²) in [6.07, 6.45) is 1.84. The van der Waals surface area contributed by atoms with Gasteiger partial charge in [-0.2, -0.15) is 0 Å². The number of furan rings is 1. The molecule has 0 radical (unpaired) electrons. The monoisotopic (exact) mass is 348 g/mol. The summed E-state index contributed by atoms with van der Waals surface area (Å²) >= 11 is 5.79. The van der Waals surface area contributed by atoms with Gasteiger partial charge in [0, 0.05) is 20.1 Å². The normalized spacial score (nSPS) is 17.8. The molecule has 6 nitrogen and oxygen atoms in total. The molecule has 0 bridgehead atoms. The van der Waals surface area contributed by atoms with Gasteiger partial charge in [0.15, 0.2) is 11.0 Å². The maximum atomic E-state index is 12.7. The minimum Gasteiger partial charge on any atom is -0.464 e. The van der Waals surface area contributed by atoms with Gasteiger partial charge in [0.05, 0.1) is 12.5 Å². The number of anilines is 1. The summed E-state index contributed by atoms with van der Waals surface area (Å²) < 4.78 is 5.56. The average molecular weight is 349 g/mol. The molecule has 0 unspecified atom stereocenters.